The first-order valence-corrected chi connectivity index (χ1v) is 9.56. The quantitative estimate of drug-likeness (QED) is 0.484. The Balaban J connectivity index is 1.54. The zero-order valence-electron chi connectivity index (χ0n) is 15.9. The first-order valence-electron chi connectivity index (χ1n) is 9.56. The fourth-order valence-electron chi connectivity index (χ4n) is 3.56. The average Bonchev–Trinajstić information content (AvgIpc) is 3.03. The number of hydrogen-bond donors (Lipinski definition) is 4. The highest BCUT2D eigenvalue weighted by atomic mass is 19.4. The Morgan fingerprint density at radius 1 is 1.11 bits per heavy atom. The van der Waals surface area contributed by atoms with Gasteiger partial charge in [0.25, 0.3) is 0 Å². The highest BCUT2D eigenvalue weighted by Gasteiger charge is 2.35. The Morgan fingerprint density at radius 3 is 2.48 bits per heavy atom. The Hall–Kier alpha value is -0.530. The summed E-state index contributed by atoms with van der Waals surface area (Å²) in [5.74, 6) is 0. The number of piperazine rings is 1. The van der Waals surface area contributed by atoms with Crippen molar-refractivity contribution in [1.29, 1.82) is 0 Å². The summed E-state index contributed by atoms with van der Waals surface area (Å²) in [6, 6.07) is 0. The van der Waals surface area contributed by atoms with Gasteiger partial charge in [0.2, 0.25) is 0 Å². The maximum atomic E-state index is 12.5. The average molecular weight is 396 g/mol. The Labute approximate surface area is 158 Å². The summed E-state index contributed by atoms with van der Waals surface area (Å²) in [4.78, 5) is 4.40. The molecule has 0 aromatic carbocycles. The number of hydrogen-bond acceptors (Lipinski definition) is 8. The van der Waals surface area contributed by atoms with Crippen LogP contribution < -0.4 is 21.3 Å². The normalized spacial score (nSPS) is 37.0. The Kier molecular flexibility index (Phi) is 7.31. The molecule has 4 N–H and O–H groups in total. The molecule has 0 radical (unpaired) electrons. The van der Waals surface area contributed by atoms with Crippen molar-refractivity contribution < 1.29 is 22.6 Å². The number of nitrogens with one attached hydrogen (secondary N) is 4. The van der Waals surface area contributed by atoms with E-state index in [2.05, 4.69) is 38.1 Å². The van der Waals surface area contributed by atoms with Crippen LogP contribution in [-0.2, 0) is 9.47 Å². The number of rotatable bonds is 6. The number of likely N-dealkylation sites (N-methyl/N-ethyl adjacent to an activating group) is 1. The van der Waals surface area contributed by atoms with E-state index in [9.17, 15) is 13.2 Å². The van der Waals surface area contributed by atoms with Crippen molar-refractivity contribution in [2.24, 2.45) is 0 Å². The summed E-state index contributed by atoms with van der Waals surface area (Å²) < 4.78 is 48.5. The maximum Gasteiger partial charge on any atom is 0.411 e. The molecule has 3 aliphatic heterocycles. The molecular formula is C16H31F3N6O2. The first-order chi connectivity index (χ1) is 12.8. The van der Waals surface area contributed by atoms with Crippen LogP contribution in [0.15, 0.2) is 0 Å². The summed E-state index contributed by atoms with van der Waals surface area (Å²) in [6.07, 6.45) is -3.54. The molecule has 27 heavy (non-hydrogen) atoms. The van der Waals surface area contributed by atoms with Crippen LogP contribution in [0.4, 0.5) is 13.2 Å². The van der Waals surface area contributed by atoms with Crippen LogP contribution in [0, 0.1) is 0 Å². The van der Waals surface area contributed by atoms with Crippen LogP contribution in [-0.4, -0.2) is 93.5 Å². The van der Waals surface area contributed by atoms with E-state index in [-0.39, 0.29) is 24.8 Å². The number of alkyl halides is 3. The molecule has 5 atom stereocenters. The lowest BCUT2D eigenvalue weighted by Gasteiger charge is -2.45. The molecule has 0 aromatic rings. The molecule has 11 heteroatoms. The second-order valence-corrected chi connectivity index (χ2v) is 7.54. The van der Waals surface area contributed by atoms with Gasteiger partial charge in [0.1, 0.15) is 19.2 Å². The minimum Gasteiger partial charge on any atom is -0.374 e. The van der Waals surface area contributed by atoms with Crippen LogP contribution in [0.3, 0.4) is 0 Å². The van der Waals surface area contributed by atoms with Gasteiger partial charge in [-0.1, -0.05) is 0 Å². The van der Waals surface area contributed by atoms with Gasteiger partial charge in [0.15, 0.2) is 6.35 Å². The summed E-state index contributed by atoms with van der Waals surface area (Å²) in [7, 11) is 2.06. The predicted molar refractivity (Wildman–Crippen MR) is 93.4 cm³/mol. The summed E-state index contributed by atoms with van der Waals surface area (Å²) in [5.41, 5.74) is 0. The smallest absolute Gasteiger partial charge is 0.374 e. The molecule has 0 saturated carbocycles. The third-order valence-electron chi connectivity index (χ3n) is 5.14. The van der Waals surface area contributed by atoms with E-state index in [1.165, 1.54) is 0 Å². The third kappa shape index (κ3) is 6.79. The fourth-order valence-corrected chi connectivity index (χ4v) is 3.56. The molecule has 3 rings (SSSR count). The summed E-state index contributed by atoms with van der Waals surface area (Å²) in [5, 5.41) is 12.7. The summed E-state index contributed by atoms with van der Waals surface area (Å²) in [6.45, 7) is 4.83. The van der Waals surface area contributed by atoms with Gasteiger partial charge in [-0.2, -0.15) is 13.2 Å². The van der Waals surface area contributed by atoms with Crippen molar-refractivity contribution in [3.8, 4) is 0 Å². The van der Waals surface area contributed by atoms with Gasteiger partial charge in [-0.3, -0.25) is 26.2 Å². The molecule has 3 heterocycles. The molecule has 3 fully saturated rings. The highest BCUT2D eigenvalue weighted by Crippen LogP contribution is 2.18. The molecule has 5 unspecified atom stereocenters. The van der Waals surface area contributed by atoms with Crippen molar-refractivity contribution in [1.82, 2.24) is 31.1 Å². The van der Waals surface area contributed by atoms with Crippen molar-refractivity contribution in [2.75, 3.05) is 46.4 Å². The van der Waals surface area contributed by atoms with E-state index in [0.717, 1.165) is 39.0 Å². The van der Waals surface area contributed by atoms with Gasteiger partial charge >= 0.3 is 6.18 Å². The molecular weight excluding hydrogens is 365 g/mol. The zero-order valence-corrected chi connectivity index (χ0v) is 15.9. The Morgan fingerprint density at radius 2 is 1.85 bits per heavy atom. The molecule has 3 saturated heterocycles. The lowest BCUT2D eigenvalue weighted by molar-refractivity contribution is -0.202. The van der Waals surface area contributed by atoms with E-state index in [4.69, 9.17) is 9.47 Å². The van der Waals surface area contributed by atoms with E-state index in [1.807, 2.05) is 6.92 Å². The summed E-state index contributed by atoms with van der Waals surface area (Å²) >= 11 is 0. The van der Waals surface area contributed by atoms with Gasteiger partial charge in [-0.25, -0.2) is 0 Å². The van der Waals surface area contributed by atoms with Crippen LogP contribution in [0.5, 0.6) is 0 Å². The zero-order chi connectivity index (χ0) is 19.4. The third-order valence-corrected chi connectivity index (χ3v) is 5.14. The van der Waals surface area contributed by atoms with Gasteiger partial charge in [-0.05, 0) is 26.8 Å². The minimum atomic E-state index is -4.37. The van der Waals surface area contributed by atoms with Crippen molar-refractivity contribution in [2.45, 2.75) is 57.1 Å². The maximum absolute atomic E-state index is 12.5. The molecule has 0 bridgehead atoms. The van der Waals surface area contributed by atoms with E-state index in [1.54, 1.807) is 0 Å². The van der Waals surface area contributed by atoms with E-state index < -0.39 is 19.1 Å². The van der Waals surface area contributed by atoms with Crippen LogP contribution >= 0.6 is 0 Å². The minimum absolute atomic E-state index is 0.120. The standard InChI is InChI=1S/C16H31F3N6O2/c1-11-3-4-12(27-11)9-20-13-21-14(25-7-5-24(2)6-8-25)23-15(22-13)26-10-16(17,18)19/h11-15,20-23H,3-10H2,1-2H3. The lowest BCUT2D eigenvalue weighted by atomic mass is 10.2. The molecule has 0 aromatic heterocycles. The van der Waals surface area contributed by atoms with Crippen molar-refractivity contribution >= 4 is 0 Å². The largest absolute Gasteiger partial charge is 0.411 e. The first kappa shape index (κ1) is 21.2. The monoisotopic (exact) mass is 396 g/mol. The van der Waals surface area contributed by atoms with Crippen LogP contribution in [0.2, 0.25) is 0 Å². The van der Waals surface area contributed by atoms with Gasteiger partial charge in [0.05, 0.1) is 12.2 Å². The van der Waals surface area contributed by atoms with E-state index >= 15 is 0 Å². The van der Waals surface area contributed by atoms with Crippen molar-refractivity contribution in [3.63, 3.8) is 0 Å². The predicted octanol–water partition coefficient (Wildman–Crippen LogP) is -0.397. The fraction of sp³-hybridized carbons (Fsp3) is 1.00. The highest BCUT2D eigenvalue weighted by molar-refractivity contribution is 4.83. The van der Waals surface area contributed by atoms with Crippen molar-refractivity contribution in [3.05, 3.63) is 0 Å². The molecule has 3 aliphatic rings. The number of ether oxygens (including phenoxy) is 2. The molecule has 0 spiro atoms. The second-order valence-electron chi connectivity index (χ2n) is 7.54. The topological polar surface area (TPSA) is 73.1 Å². The van der Waals surface area contributed by atoms with Gasteiger partial charge in [0, 0.05) is 32.7 Å². The Bertz CT molecular complexity index is 464. The number of nitrogens with zero attached hydrogens (tertiary/aromatic N) is 2. The van der Waals surface area contributed by atoms with Gasteiger partial charge < -0.3 is 14.4 Å². The molecule has 8 nitrogen and oxygen atoms in total. The molecule has 0 aliphatic carbocycles. The van der Waals surface area contributed by atoms with Gasteiger partial charge in [-0.15, -0.1) is 0 Å². The second kappa shape index (κ2) is 9.31. The number of halogens is 3. The van der Waals surface area contributed by atoms with Crippen LogP contribution in [0.1, 0.15) is 19.8 Å². The molecule has 0 amide bonds. The SMILES string of the molecule is CC1CCC(CNC2NC(OCC(F)(F)F)NC(N3CCN(C)CC3)N2)O1. The van der Waals surface area contributed by atoms with Crippen LogP contribution in [0.25, 0.3) is 0 Å². The van der Waals surface area contributed by atoms with E-state index in [0.29, 0.717) is 6.54 Å². The molecule has 158 valence electrons. The lowest BCUT2D eigenvalue weighted by Crippen LogP contribution is -2.76.